The molecule has 3 saturated carbocycles. The number of thioether (sulfide) groups is 1. The Morgan fingerprint density at radius 2 is 1.46 bits per heavy atom. The third kappa shape index (κ3) is 5.55. The van der Waals surface area contributed by atoms with E-state index in [9.17, 15) is 0 Å². The van der Waals surface area contributed by atoms with Crippen LogP contribution in [-0.2, 0) is 4.74 Å². The van der Waals surface area contributed by atoms with Crippen molar-refractivity contribution in [2.75, 3.05) is 13.2 Å². The van der Waals surface area contributed by atoms with Gasteiger partial charge < -0.3 is 4.74 Å². The van der Waals surface area contributed by atoms with Crippen molar-refractivity contribution in [2.45, 2.75) is 129 Å². The fourth-order valence-electron chi connectivity index (χ4n) is 6.06. The molecule has 7 atom stereocenters. The van der Waals surface area contributed by atoms with Crippen LogP contribution in [0, 0.1) is 0 Å². The van der Waals surface area contributed by atoms with Gasteiger partial charge in [-0.25, -0.2) is 0 Å². The summed E-state index contributed by atoms with van der Waals surface area (Å²) in [6.07, 6.45) is 18.5. The van der Waals surface area contributed by atoms with Crippen LogP contribution in [0.3, 0.4) is 0 Å². The molecule has 2 nitrogen and oxygen atoms in total. The molecule has 0 aromatic rings. The summed E-state index contributed by atoms with van der Waals surface area (Å²) in [5.41, 5.74) is 0. The molecule has 4 aliphatic rings. The Morgan fingerprint density at radius 3 is 2.18 bits per heavy atom. The van der Waals surface area contributed by atoms with Crippen molar-refractivity contribution in [1.29, 1.82) is 0 Å². The van der Waals surface area contributed by atoms with Crippen LogP contribution < -0.4 is 0 Å². The average molecular weight is 449 g/mol. The van der Waals surface area contributed by atoms with Crippen LogP contribution in [-0.4, -0.2) is 57.5 Å². The third-order valence-corrected chi connectivity index (χ3v) is 10.3. The molecule has 162 valence electrons. The number of alkyl halides is 2. The highest BCUT2D eigenvalue weighted by Crippen LogP contribution is 2.46. The van der Waals surface area contributed by atoms with Crippen molar-refractivity contribution >= 4 is 35.0 Å². The van der Waals surface area contributed by atoms with Crippen molar-refractivity contribution < 1.29 is 4.74 Å². The molecule has 5 heteroatoms. The number of hydrogen-bond acceptors (Lipinski definition) is 3. The fraction of sp³-hybridized carbons (Fsp3) is 1.00. The summed E-state index contributed by atoms with van der Waals surface area (Å²) in [4.78, 5) is 2.99. The van der Waals surface area contributed by atoms with Gasteiger partial charge in [-0.05, 0) is 70.8 Å². The zero-order chi connectivity index (χ0) is 19.3. The molecule has 1 saturated heterocycles. The van der Waals surface area contributed by atoms with Gasteiger partial charge >= 0.3 is 0 Å². The van der Waals surface area contributed by atoms with Crippen molar-refractivity contribution in [3.8, 4) is 0 Å². The second-order valence-corrected chi connectivity index (χ2v) is 12.2. The Hall–Kier alpha value is 0.850. The molecule has 0 aromatic carbocycles. The minimum atomic E-state index is 0.160. The monoisotopic (exact) mass is 447 g/mol. The lowest BCUT2D eigenvalue weighted by Gasteiger charge is -2.53. The second kappa shape index (κ2) is 10.9. The van der Waals surface area contributed by atoms with E-state index in [1.807, 2.05) is 0 Å². The summed E-state index contributed by atoms with van der Waals surface area (Å²) in [6, 6.07) is 1.74. The first kappa shape index (κ1) is 22.1. The van der Waals surface area contributed by atoms with Gasteiger partial charge in [-0.15, -0.1) is 23.2 Å². The number of hydrogen-bond donors (Lipinski definition) is 0. The lowest BCUT2D eigenvalue weighted by Crippen LogP contribution is -2.58. The smallest absolute Gasteiger partial charge is 0.0752 e. The van der Waals surface area contributed by atoms with Crippen molar-refractivity contribution in [2.24, 2.45) is 0 Å². The maximum atomic E-state index is 6.43. The normalized spacial score (nSPS) is 42.0. The summed E-state index contributed by atoms with van der Waals surface area (Å²) in [5, 5.41) is 2.26. The van der Waals surface area contributed by atoms with Crippen LogP contribution in [0.1, 0.15) is 89.9 Å². The predicted molar refractivity (Wildman–Crippen MR) is 123 cm³/mol. The van der Waals surface area contributed by atoms with E-state index in [1.54, 1.807) is 0 Å². The molecular weight excluding hydrogens is 409 g/mol. The van der Waals surface area contributed by atoms with E-state index in [4.69, 9.17) is 27.9 Å². The molecule has 4 rings (SSSR count). The first-order valence-corrected chi connectivity index (χ1v) is 13.8. The standard InChI is InChI=1S/C23H39Cl2NOS/c24-17-12-13-18(25)21(16-17)27-15-7-1-6-14-26-19-8-2-4-10-22(19)28-23-11-5-3-9-20(23)26/h17-23H,1-16H2. The highest BCUT2D eigenvalue weighted by atomic mass is 35.5. The van der Waals surface area contributed by atoms with Crippen LogP contribution in [0.4, 0.5) is 0 Å². The lowest BCUT2D eigenvalue weighted by atomic mass is 9.87. The molecule has 28 heavy (non-hydrogen) atoms. The van der Waals surface area contributed by atoms with E-state index in [0.717, 1.165) is 54.9 Å². The summed E-state index contributed by atoms with van der Waals surface area (Å²) >= 11 is 15.1. The Morgan fingerprint density at radius 1 is 0.786 bits per heavy atom. The van der Waals surface area contributed by atoms with Crippen LogP contribution in [0.25, 0.3) is 0 Å². The molecule has 0 aromatic heterocycles. The molecule has 0 amide bonds. The topological polar surface area (TPSA) is 12.5 Å². The second-order valence-electron chi connectivity index (χ2n) is 9.55. The molecule has 0 radical (unpaired) electrons. The average Bonchev–Trinajstić information content (AvgIpc) is 2.72. The Kier molecular flexibility index (Phi) is 8.61. The number of ether oxygens (including phenoxy) is 1. The van der Waals surface area contributed by atoms with Gasteiger partial charge in [-0.1, -0.05) is 25.7 Å². The third-order valence-electron chi connectivity index (χ3n) is 7.58. The molecule has 1 aliphatic heterocycles. The summed E-state index contributed by atoms with van der Waals surface area (Å²) in [6.45, 7) is 2.17. The molecule has 0 spiro atoms. The number of rotatable bonds is 7. The maximum Gasteiger partial charge on any atom is 0.0752 e. The highest BCUT2D eigenvalue weighted by Gasteiger charge is 2.44. The fourth-order valence-corrected chi connectivity index (χ4v) is 8.66. The van der Waals surface area contributed by atoms with Gasteiger partial charge in [0, 0.05) is 34.6 Å². The molecule has 3 aliphatic carbocycles. The number of fused-ring (bicyclic) bond motifs is 2. The van der Waals surface area contributed by atoms with Gasteiger partial charge in [0.05, 0.1) is 11.5 Å². The van der Waals surface area contributed by atoms with E-state index < -0.39 is 0 Å². The van der Waals surface area contributed by atoms with E-state index in [-0.39, 0.29) is 16.9 Å². The summed E-state index contributed by atoms with van der Waals surface area (Å²) in [5.74, 6) is 0. The van der Waals surface area contributed by atoms with Crippen LogP contribution in [0.15, 0.2) is 0 Å². The van der Waals surface area contributed by atoms with Gasteiger partial charge in [0.2, 0.25) is 0 Å². The van der Waals surface area contributed by atoms with Crippen LogP contribution in [0.5, 0.6) is 0 Å². The van der Waals surface area contributed by atoms with Crippen molar-refractivity contribution in [1.82, 2.24) is 4.90 Å². The zero-order valence-corrected chi connectivity index (χ0v) is 19.7. The first-order chi connectivity index (χ1) is 13.7. The SMILES string of the molecule is ClC1CCC(Cl)C(OCCCCCN2C3CCCCC3SC3CCCCC32)C1. The minimum absolute atomic E-state index is 0.160. The van der Waals surface area contributed by atoms with Crippen LogP contribution >= 0.6 is 35.0 Å². The quantitative estimate of drug-likeness (QED) is 0.321. The maximum absolute atomic E-state index is 6.43. The van der Waals surface area contributed by atoms with Gasteiger partial charge in [0.25, 0.3) is 0 Å². The van der Waals surface area contributed by atoms with Gasteiger partial charge in [0.1, 0.15) is 0 Å². The highest BCUT2D eigenvalue weighted by molar-refractivity contribution is 8.00. The molecule has 7 unspecified atom stereocenters. The van der Waals surface area contributed by atoms with Gasteiger partial charge in [-0.2, -0.15) is 11.8 Å². The van der Waals surface area contributed by atoms with Crippen molar-refractivity contribution in [3.05, 3.63) is 0 Å². The zero-order valence-electron chi connectivity index (χ0n) is 17.4. The lowest BCUT2D eigenvalue weighted by molar-refractivity contribution is 0.0289. The molecule has 0 N–H and O–H groups in total. The van der Waals surface area contributed by atoms with Crippen LogP contribution in [0.2, 0.25) is 0 Å². The predicted octanol–water partition coefficient (Wildman–Crippen LogP) is 6.61. The Balaban J connectivity index is 1.19. The minimum Gasteiger partial charge on any atom is -0.377 e. The van der Waals surface area contributed by atoms with Gasteiger partial charge in [0.15, 0.2) is 0 Å². The molecule has 1 heterocycles. The molecular formula is C23H39Cl2NOS. The summed E-state index contributed by atoms with van der Waals surface area (Å²) in [7, 11) is 0. The van der Waals surface area contributed by atoms with E-state index >= 15 is 0 Å². The largest absolute Gasteiger partial charge is 0.377 e. The molecule has 4 fully saturated rings. The van der Waals surface area contributed by atoms with Crippen molar-refractivity contribution in [3.63, 3.8) is 0 Å². The number of nitrogens with zero attached hydrogens (tertiary/aromatic N) is 1. The number of halogens is 2. The van der Waals surface area contributed by atoms with E-state index in [1.165, 1.54) is 70.8 Å². The molecule has 0 bridgehead atoms. The summed E-state index contributed by atoms with van der Waals surface area (Å²) < 4.78 is 6.10. The van der Waals surface area contributed by atoms with Gasteiger partial charge in [-0.3, -0.25) is 4.90 Å². The van der Waals surface area contributed by atoms with E-state index in [0.29, 0.717) is 0 Å². The number of unbranched alkanes of at least 4 members (excludes halogenated alkanes) is 2. The Labute approximate surface area is 186 Å². The first-order valence-electron chi connectivity index (χ1n) is 12.0. The Bertz CT molecular complexity index is 460. The van der Waals surface area contributed by atoms with E-state index in [2.05, 4.69) is 16.7 Å².